The number of anilines is 1. The van der Waals surface area contributed by atoms with Gasteiger partial charge in [-0.05, 0) is 49.2 Å². The van der Waals surface area contributed by atoms with Crippen molar-refractivity contribution in [3.63, 3.8) is 0 Å². The minimum atomic E-state index is -3.85. The Balaban J connectivity index is 2.43. The molecular formula is C11H12FN3O3S. The molecular weight excluding hydrogens is 273 g/mol. The Kier molecular flexibility index (Phi) is 3.27. The van der Waals surface area contributed by atoms with Crippen molar-refractivity contribution >= 4 is 15.8 Å². The Bertz CT molecular complexity index is 702. The number of hydrogen-bond acceptors (Lipinski definition) is 5. The first-order valence-electron chi connectivity index (χ1n) is 5.40. The molecule has 0 amide bonds. The second-order valence-electron chi connectivity index (χ2n) is 4.17. The Morgan fingerprint density at radius 3 is 2.21 bits per heavy atom. The summed E-state index contributed by atoms with van der Waals surface area (Å²) < 4.78 is 44.4. The minimum absolute atomic E-state index is 0.0135. The molecule has 0 radical (unpaired) electrons. The SMILES string of the molecule is Cc1cc(S(=O)(=O)Nc2nonc2C)cc(C)c1F. The van der Waals surface area contributed by atoms with Crippen molar-refractivity contribution in [2.45, 2.75) is 25.7 Å². The molecule has 0 aliphatic heterocycles. The molecule has 0 saturated carbocycles. The molecule has 2 rings (SSSR count). The third-order valence-corrected chi connectivity index (χ3v) is 3.92. The van der Waals surface area contributed by atoms with Gasteiger partial charge in [-0.2, -0.15) is 0 Å². The predicted molar refractivity (Wildman–Crippen MR) is 65.7 cm³/mol. The normalized spacial score (nSPS) is 11.6. The number of rotatable bonds is 3. The van der Waals surface area contributed by atoms with Crippen LogP contribution in [0.25, 0.3) is 0 Å². The van der Waals surface area contributed by atoms with E-state index in [1.807, 2.05) is 0 Å². The molecule has 19 heavy (non-hydrogen) atoms. The summed E-state index contributed by atoms with van der Waals surface area (Å²) in [4.78, 5) is -0.0358. The monoisotopic (exact) mass is 285 g/mol. The molecule has 0 fully saturated rings. The molecule has 1 heterocycles. The number of hydrogen-bond donors (Lipinski definition) is 1. The van der Waals surface area contributed by atoms with Crippen molar-refractivity contribution in [2.75, 3.05) is 4.72 Å². The molecule has 0 aliphatic rings. The van der Waals surface area contributed by atoms with Gasteiger partial charge in [0.25, 0.3) is 10.0 Å². The number of halogens is 1. The lowest BCUT2D eigenvalue weighted by Crippen LogP contribution is -2.14. The van der Waals surface area contributed by atoms with Gasteiger partial charge < -0.3 is 0 Å². The highest BCUT2D eigenvalue weighted by Crippen LogP contribution is 2.21. The Morgan fingerprint density at radius 2 is 1.74 bits per heavy atom. The second kappa shape index (κ2) is 4.61. The maximum absolute atomic E-state index is 13.5. The van der Waals surface area contributed by atoms with Gasteiger partial charge in [0.05, 0.1) is 4.90 Å². The summed E-state index contributed by atoms with van der Waals surface area (Å²) in [6.45, 7) is 4.56. The number of nitrogens with one attached hydrogen (secondary N) is 1. The van der Waals surface area contributed by atoms with E-state index in [0.29, 0.717) is 5.69 Å². The molecule has 1 aromatic heterocycles. The van der Waals surface area contributed by atoms with E-state index in [1.54, 1.807) is 6.92 Å². The van der Waals surface area contributed by atoms with E-state index >= 15 is 0 Å². The van der Waals surface area contributed by atoms with Crippen LogP contribution in [0, 0.1) is 26.6 Å². The summed E-state index contributed by atoms with van der Waals surface area (Å²) >= 11 is 0. The molecule has 8 heteroatoms. The largest absolute Gasteiger partial charge is 0.263 e. The van der Waals surface area contributed by atoms with E-state index in [0.717, 1.165) is 0 Å². The average Bonchev–Trinajstić information content (AvgIpc) is 2.70. The van der Waals surface area contributed by atoms with E-state index in [4.69, 9.17) is 0 Å². The summed E-state index contributed by atoms with van der Waals surface area (Å²) in [6.07, 6.45) is 0. The molecule has 6 nitrogen and oxygen atoms in total. The Hall–Kier alpha value is -1.96. The summed E-state index contributed by atoms with van der Waals surface area (Å²) in [5.74, 6) is -0.405. The molecule has 102 valence electrons. The van der Waals surface area contributed by atoms with Gasteiger partial charge in [-0.1, -0.05) is 5.16 Å². The number of aryl methyl sites for hydroxylation is 3. The van der Waals surface area contributed by atoms with Gasteiger partial charge in [-0.25, -0.2) is 17.4 Å². The lowest BCUT2D eigenvalue weighted by atomic mass is 10.1. The summed E-state index contributed by atoms with van der Waals surface area (Å²) in [7, 11) is -3.85. The molecule has 1 aromatic carbocycles. The number of aromatic nitrogens is 2. The molecule has 0 unspecified atom stereocenters. The van der Waals surface area contributed by atoms with Crippen LogP contribution in [0.15, 0.2) is 21.7 Å². The average molecular weight is 285 g/mol. The van der Waals surface area contributed by atoms with E-state index in [9.17, 15) is 12.8 Å². The molecule has 0 atom stereocenters. The van der Waals surface area contributed by atoms with Crippen molar-refractivity contribution in [1.29, 1.82) is 0 Å². The van der Waals surface area contributed by atoms with Crippen LogP contribution in [0.5, 0.6) is 0 Å². The third kappa shape index (κ3) is 2.58. The summed E-state index contributed by atoms with van der Waals surface area (Å²) in [5.41, 5.74) is 0.838. The molecule has 0 spiro atoms. The zero-order valence-electron chi connectivity index (χ0n) is 10.6. The maximum atomic E-state index is 13.5. The first-order chi connectivity index (χ1) is 8.81. The molecule has 0 aliphatic carbocycles. The van der Waals surface area contributed by atoms with Gasteiger partial charge in [0.1, 0.15) is 11.5 Å². The van der Waals surface area contributed by atoms with Crippen molar-refractivity contribution in [2.24, 2.45) is 0 Å². The van der Waals surface area contributed by atoms with Gasteiger partial charge in [0, 0.05) is 0 Å². The first-order valence-corrected chi connectivity index (χ1v) is 6.88. The van der Waals surface area contributed by atoms with Crippen LogP contribution in [0.3, 0.4) is 0 Å². The highest BCUT2D eigenvalue weighted by atomic mass is 32.2. The highest BCUT2D eigenvalue weighted by Gasteiger charge is 2.20. The zero-order chi connectivity index (χ0) is 14.2. The lowest BCUT2D eigenvalue weighted by molar-refractivity contribution is 0.306. The standard InChI is InChI=1S/C11H12FN3O3S/c1-6-4-9(5-7(2)10(6)12)19(16,17)15-11-8(3)13-18-14-11/h4-5H,1-3H3,(H,14,15). The zero-order valence-corrected chi connectivity index (χ0v) is 11.4. The number of benzene rings is 1. The second-order valence-corrected chi connectivity index (χ2v) is 5.86. The van der Waals surface area contributed by atoms with E-state index in [1.165, 1.54) is 26.0 Å². The summed E-state index contributed by atoms with van der Waals surface area (Å²) in [5, 5.41) is 6.91. The third-order valence-electron chi connectivity index (χ3n) is 2.60. The topological polar surface area (TPSA) is 85.1 Å². The quantitative estimate of drug-likeness (QED) is 0.931. The van der Waals surface area contributed by atoms with E-state index < -0.39 is 15.8 Å². The van der Waals surface area contributed by atoms with Crippen LogP contribution in [-0.2, 0) is 10.0 Å². The van der Waals surface area contributed by atoms with E-state index in [2.05, 4.69) is 19.7 Å². The van der Waals surface area contributed by atoms with Gasteiger partial charge in [-0.3, -0.25) is 4.72 Å². The fourth-order valence-electron chi connectivity index (χ4n) is 1.57. The number of sulfonamides is 1. The molecule has 0 saturated heterocycles. The van der Waals surface area contributed by atoms with E-state index in [-0.39, 0.29) is 21.8 Å². The minimum Gasteiger partial charge on any atom is -0.259 e. The van der Waals surface area contributed by atoms with Crippen molar-refractivity contribution in [1.82, 2.24) is 10.3 Å². The Labute approximate surface area is 109 Å². The highest BCUT2D eigenvalue weighted by molar-refractivity contribution is 7.92. The van der Waals surface area contributed by atoms with Crippen LogP contribution in [-0.4, -0.2) is 18.7 Å². The lowest BCUT2D eigenvalue weighted by Gasteiger charge is -2.08. The van der Waals surface area contributed by atoms with Crippen LogP contribution >= 0.6 is 0 Å². The van der Waals surface area contributed by atoms with Crippen LogP contribution in [0.2, 0.25) is 0 Å². The van der Waals surface area contributed by atoms with Crippen LogP contribution in [0.4, 0.5) is 10.2 Å². The number of nitrogens with zero attached hydrogens (tertiary/aromatic N) is 2. The van der Waals surface area contributed by atoms with Crippen molar-refractivity contribution < 1.29 is 17.4 Å². The van der Waals surface area contributed by atoms with Gasteiger partial charge in [0.2, 0.25) is 5.82 Å². The fraction of sp³-hybridized carbons (Fsp3) is 0.273. The van der Waals surface area contributed by atoms with Gasteiger partial charge in [-0.15, -0.1) is 0 Å². The first kappa shape index (κ1) is 13.5. The van der Waals surface area contributed by atoms with Gasteiger partial charge in [0.15, 0.2) is 0 Å². The van der Waals surface area contributed by atoms with Crippen LogP contribution in [0.1, 0.15) is 16.8 Å². The molecule has 2 aromatic rings. The fourth-order valence-corrected chi connectivity index (χ4v) is 2.79. The molecule has 0 bridgehead atoms. The van der Waals surface area contributed by atoms with Crippen LogP contribution < -0.4 is 4.72 Å². The van der Waals surface area contributed by atoms with Crippen molar-refractivity contribution in [3.05, 3.63) is 34.8 Å². The maximum Gasteiger partial charge on any atom is 0.263 e. The summed E-state index contributed by atoms with van der Waals surface area (Å²) in [6, 6.07) is 2.51. The molecule has 1 N–H and O–H groups in total. The smallest absolute Gasteiger partial charge is 0.259 e. The Morgan fingerprint density at radius 1 is 1.16 bits per heavy atom. The predicted octanol–water partition coefficient (Wildman–Crippen LogP) is 1.93. The van der Waals surface area contributed by atoms with Gasteiger partial charge >= 0.3 is 0 Å². The van der Waals surface area contributed by atoms with Crippen molar-refractivity contribution in [3.8, 4) is 0 Å².